The summed E-state index contributed by atoms with van der Waals surface area (Å²) in [6.45, 7) is 7.79. The molecule has 0 aliphatic carbocycles. The summed E-state index contributed by atoms with van der Waals surface area (Å²) in [4.78, 5) is 27.5. The number of hydrogen-bond acceptors (Lipinski definition) is 4. The van der Waals surface area contributed by atoms with Gasteiger partial charge in [-0.1, -0.05) is 56.5 Å². The van der Waals surface area contributed by atoms with E-state index in [0.29, 0.717) is 11.1 Å². The summed E-state index contributed by atoms with van der Waals surface area (Å²) in [5.41, 5.74) is 2.62. The number of esters is 2. The van der Waals surface area contributed by atoms with Crippen molar-refractivity contribution in [3.8, 4) is 0 Å². The Kier molecular flexibility index (Phi) is 8.73. The summed E-state index contributed by atoms with van der Waals surface area (Å²) in [6, 6.07) is 14.7. The number of carbonyl (C=O) groups is 2. The monoisotopic (exact) mass is 381 g/mol. The number of benzene rings is 2. The van der Waals surface area contributed by atoms with Crippen LogP contribution in [-0.2, 0) is 11.2 Å². The first-order valence-corrected chi connectivity index (χ1v) is 10.3. The molecule has 28 heavy (non-hydrogen) atoms. The number of hydrogen-bond donors (Lipinski definition) is 0. The first-order chi connectivity index (χ1) is 13.6. The minimum absolute atomic E-state index is 0.417. The number of unbranched alkanes of at least 4 members (excludes halogenated alkanes) is 3. The Morgan fingerprint density at radius 2 is 1.39 bits per heavy atom. The Labute approximate surface area is 168 Å². The molecule has 0 unspecified atom stereocenters. The highest BCUT2D eigenvalue weighted by atomic mass is 16.6. The lowest BCUT2D eigenvalue weighted by molar-refractivity contribution is 0.0397. The van der Waals surface area contributed by atoms with Gasteiger partial charge in [0, 0.05) is 13.1 Å². The van der Waals surface area contributed by atoms with Crippen molar-refractivity contribution in [2.75, 3.05) is 18.0 Å². The average Bonchev–Trinajstić information content (AvgIpc) is 2.72. The summed E-state index contributed by atoms with van der Waals surface area (Å²) in [7, 11) is 0. The average molecular weight is 382 g/mol. The molecule has 0 saturated heterocycles. The Hall–Kier alpha value is -2.62. The molecule has 0 aromatic heterocycles. The molecular formula is C24H31NO3. The van der Waals surface area contributed by atoms with Crippen LogP contribution in [0.25, 0.3) is 0 Å². The second-order valence-corrected chi connectivity index (χ2v) is 6.83. The summed E-state index contributed by atoms with van der Waals surface area (Å²) < 4.78 is 5.27. The standard InChI is InChI=1S/C24H31NO3/c1-4-7-8-9-14-19-15-10-11-16-20(19)23(26)28-24(27)21-17-12-13-18-22(21)25(5-2)6-3/h10-13,15-18H,4-9,14H2,1-3H3. The van der Waals surface area contributed by atoms with Crippen LogP contribution in [-0.4, -0.2) is 25.0 Å². The molecule has 0 spiro atoms. The second-order valence-electron chi connectivity index (χ2n) is 6.83. The highest BCUT2D eigenvalue weighted by Gasteiger charge is 2.21. The van der Waals surface area contributed by atoms with Gasteiger partial charge in [-0.25, -0.2) is 9.59 Å². The van der Waals surface area contributed by atoms with E-state index in [1.54, 1.807) is 24.3 Å². The van der Waals surface area contributed by atoms with Gasteiger partial charge in [0.15, 0.2) is 0 Å². The van der Waals surface area contributed by atoms with Crippen molar-refractivity contribution in [2.24, 2.45) is 0 Å². The van der Waals surface area contributed by atoms with Crippen molar-refractivity contribution in [3.05, 3.63) is 65.2 Å². The quantitative estimate of drug-likeness (QED) is 0.303. The van der Waals surface area contributed by atoms with Crippen LogP contribution in [0.5, 0.6) is 0 Å². The van der Waals surface area contributed by atoms with Gasteiger partial charge in [-0.05, 0) is 50.5 Å². The third-order valence-electron chi connectivity index (χ3n) is 4.95. The highest BCUT2D eigenvalue weighted by Crippen LogP contribution is 2.22. The smallest absolute Gasteiger partial charge is 0.348 e. The third kappa shape index (κ3) is 5.69. The molecule has 0 atom stereocenters. The van der Waals surface area contributed by atoms with Crippen molar-refractivity contribution in [1.82, 2.24) is 0 Å². The van der Waals surface area contributed by atoms with E-state index < -0.39 is 11.9 Å². The number of carbonyl (C=O) groups excluding carboxylic acids is 2. The van der Waals surface area contributed by atoms with E-state index in [0.717, 1.165) is 43.6 Å². The molecule has 0 saturated carbocycles. The SMILES string of the molecule is CCCCCCc1ccccc1C(=O)OC(=O)c1ccccc1N(CC)CC. The van der Waals surface area contributed by atoms with Crippen LogP contribution in [0.4, 0.5) is 5.69 Å². The third-order valence-corrected chi connectivity index (χ3v) is 4.95. The van der Waals surface area contributed by atoms with Crippen LogP contribution in [0, 0.1) is 0 Å². The van der Waals surface area contributed by atoms with E-state index in [2.05, 4.69) is 11.8 Å². The lowest BCUT2D eigenvalue weighted by Gasteiger charge is -2.23. The topological polar surface area (TPSA) is 46.6 Å². The second kappa shape index (κ2) is 11.3. The lowest BCUT2D eigenvalue weighted by atomic mass is 10.0. The first-order valence-electron chi connectivity index (χ1n) is 10.3. The van der Waals surface area contributed by atoms with E-state index >= 15 is 0 Å². The molecule has 0 aliphatic heterocycles. The maximum atomic E-state index is 12.7. The van der Waals surface area contributed by atoms with E-state index in [1.807, 2.05) is 38.1 Å². The van der Waals surface area contributed by atoms with Gasteiger partial charge in [-0.2, -0.15) is 0 Å². The minimum atomic E-state index is -0.603. The van der Waals surface area contributed by atoms with Gasteiger partial charge in [0.25, 0.3) is 0 Å². The van der Waals surface area contributed by atoms with Crippen molar-refractivity contribution in [3.63, 3.8) is 0 Å². The largest absolute Gasteiger partial charge is 0.386 e. The molecular weight excluding hydrogens is 350 g/mol. The molecule has 0 heterocycles. The lowest BCUT2D eigenvalue weighted by Crippen LogP contribution is -2.25. The Morgan fingerprint density at radius 3 is 2.07 bits per heavy atom. The molecule has 0 bridgehead atoms. The molecule has 2 rings (SSSR count). The molecule has 0 aliphatic rings. The number of para-hydroxylation sites is 1. The molecule has 4 nitrogen and oxygen atoms in total. The van der Waals surface area contributed by atoms with Crippen molar-refractivity contribution in [1.29, 1.82) is 0 Å². The van der Waals surface area contributed by atoms with E-state index in [4.69, 9.17) is 4.74 Å². The Bertz CT molecular complexity index is 781. The van der Waals surface area contributed by atoms with Crippen LogP contribution in [0.15, 0.2) is 48.5 Å². The zero-order valence-corrected chi connectivity index (χ0v) is 17.2. The number of nitrogens with zero attached hydrogens (tertiary/aromatic N) is 1. The number of ether oxygens (including phenoxy) is 1. The normalized spacial score (nSPS) is 10.5. The van der Waals surface area contributed by atoms with Gasteiger partial charge in [0.2, 0.25) is 0 Å². The predicted molar refractivity (Wildman–Crippen MR) is 114 cm³/mol. The van der Waals surface area contributed by atoms with E-state index in [-0.39, 0.29) is 0 Å². The van der Waals surface area contributed by atoms with Gasteiger partial charge in [0.1, 0.15) is 0 Å². The van der Waals surface area contributed by atoms with Crippen LogP contribution in [0.2, 0.25) is 0 Å². The van der Waals surface area contributed by atoms with Gasteiger partial charge >= 0.3 is 11.9 Å². The summed E-state index contributed by atoms with van der Waals surface area (Å²) in [5.74, 6) is -1.18. The van der Waals surface area contributed by atoms with Gasteiger partial charge < -0.3 is 9.64 Å². The van der Waals surface area contributed by atoms with Gasteiger partial charge in [0.05, 0.1) is 16.8 Å². The first kappa shape index (κ1) is 21.7. The van der Waals surface area contributed by atoms with E-state index in [9.17, 15) is 9.59 Å². The Morgan fingerprint density at radius 1 is 0.786 bits per heavy atom. The minimum Gasteiger partial charge on any atom is -0.386 e. The zero-order valence-electron chi connectivity index (χ0n) is 17.2. The van der Waals surface area contributed by atoms with Crippen molar-refractivity contribution in [2.45, 2.75) is 52.9 Å². The summed E-state index contributed by atoms with van der Waals surface area (Å²) in [5, 5.41) is 0. The van der Waals surface area contributed by atoms with Gasteiger partial charge in [-0.3, -0.25) is 0 Å². The predicted octanol–water partition coefficient (Wildman–Crippen LogP) is 5.65. The van der Waals surface area contributed by atoms with Gasteiger partial charge in [-0.15, -0.1) is 0 Å². The van der Waals surface area contributed by atoms with Crippen LogP contribution in [0.1, 0.15) is 72.7 Å². The molecule has 150 valence electrons. The number of rotatable bonds is 10. The highest BCUT2D eigenvalue weighted by molar-refractivity contribution is 6.05. The molecule has 4 heteroatoms. The molecule has 0 fully saturated rings. The van der Waals surface area contributed by atoms with Crippen LogP contribution >= 0.6 is 0 Å². The fourth-order valence-electron chi connectivity index (χ4n) is 3.36. The van der Waals surface area contributed by atoms with Crippen molar-refractivity contribution < 1.29 is 14.3 Å². The fraction of sp³-hybridized carbons (Fsp3) is 0.417. The molecule has 0 amide bonds. The van der Waals surface area contributed by atoms with E-state index in [1.165, 1.54) is 12.8 Å². The maximum absolute atomic E-state index is 12.7. The molecule has 2 aromatic carbocycles. The Balaban J connectivity index is 2.15. The fourth-order valence-corrected chi connectivity index (χ4v) is 3.36. The molecule has 0 radical (unpaired) electrons. The van der Waals surface area contributed by atoms with Crippen LogP contribution in [0.3, 0.4) is 0 Å². The maximum Gasteiger partial charge on any atom is 0.348 e. The van der Waals surface area contributed by atoms with Crippen LogP contribution < -0.4 is 4.90 Å². The number of aryl methyl sites for hydroxylation is 1. The molecule has 2 aromatic rings. The van der Waals surface area contributed by atoms with Crippen molar-refractivity contribution >= 4 is 17.6 Å². The zero-order chi connectivity index (χ0) is 20.4. The summed E-state index contributed by atoms with van der Waals surface area (Å²) in [6.07, 6.45) is 5.33. The summed E-state index contributed by atoms with van der Waals surface area (Å²) >= 11 is 0. The number of anilines is 1. The molecule has 0 N–H and O–H groups in total.